The van der Waals surface area contributed by atoms with E-state index in [0.29, 0.717) is 4.75 Å². The highest BCUT2D eigenvalue weighted by atomic mass is 32.2. The van der Waals surface area contributed by atoms with Crippen LogP contribution >= 0.6 is 11.8 Å². The Morgan fingerprint density at radius 1 is 1.56 bits per heavy atom. The minimum atomic E-state index is 0.415. The summed E-state index contributed by atoms with van der Waals surface area (Å²) in [5.74, 6) is 1.31. The first-order valence-electron chi connectivity index (χ1n) is 3.61. The molecule has 1 rings (SSSR count). The van der Waals surface area contributed by atoms with E-state index in [4.69, 9.17) is 5.73 Å². The lowest BCUT2D eigenvalue weighted by Crippen LogP contribution is -2.33. The molecule has 54 valence electrons. The van der Waals surface area contributed by atoms with Crippen LogP contribution in [-0.4, -0.2) is 17.0 Å². The van der Waals surface area contributed by atoms with E-state index in [2.05, 4.69) is 6.92 Å². The van der Waals surface area contributed by atoms with Gasteiger partial charge in [0.05, 0.1) is 0 Å². The van der Waals surface area contributed by atoms with E-state index in [-0.39, 0.29) is 0 Å². The van der Waals surface area contributed by atoms with Gasteiger partial charge >= 0.3 is 0 Å². The molecule has 1 heterocycles. The summed E-state index contributed by atoms with van der Waals surface area (Å²) in [5, 5.41) is 0. The van der Waals surface area contributed by atoms with Gasteiger partial charge in [-0.1, -0.05) is 6.42 Å². The highest BCUT2D eigenvalue weighted by Crippen LogP contribution is 2.34. The summed E-state index contributed by atoms with van der Waals surface area (Å²) in [4.78, 5) is 0. The Kier molecular flexibility index (Phi) is 2.42. The van der Waals surface area contributed by atoms with Gasteiger partial charge in [0.15, 0.2) is 0 Å². The lowest BCUT2D eigenvalue weighted by molar-refractivity contribution is 0.543. The van der Waals surface area contributed by atoms with Gasteiger partial charge in [0.2, 0.25) is 0 Å². The quantitative estimate of drug-likeness (QED) is 0.607. The summed E-state index contributed by atoms with van der Waals surface area (Å²) in [6.07, 6.45) is 4.08. The predicted molar refractivity (Wildman–Crippen MR) is 43.8 cm³/mol. The van der Waals surface area contributed by atoms with E-state index >= 15 is 0 Å². The summed E-state index contributed by atoms with van der Waals surface area (Å²) >= 11 is 2.04. The number of nitrogens with two attached hydrogens (primary N) is 1. The van der Waals surface area contributed by atoms with Crippen LogP contribution in [0, 0.1) is 0 Å². The maximum atomic E-state index is 5.62. The Morgan fingerprint density at radius 3 is 2.67 bits per heavy atom. The second kappa shape index (κ2) is 2.93. The minimum absolute atomic E-state index is 0.415. The predicted octanol–water partition coefficient (Wildman–Crippen LogP) is 1.62. The number of hydrogen-bond donors (Lipinski definition) is 1. The van der Waals surface area contributed by atoms with E-state index in [1.165, 1.54) is 25.0 Å². The number of rotatable bonds is 1. The summed E-state index contributed by atoms with van der Waals surface area (Å²) in [6, 6.07) is 0. The third-order valence-corrected chi connectivity index (χ3v) is 3.54. The van der Waals surface area contributed by atoms with Crippen molar-refractivity contribution in [3.63, 3.8) is 0 Å². The fourth-order valence-electron chi connectivity index (χ4n) is 1.15. The van der Waals surface area contributed by atoms with Gasteiger partial charge in [0.1, 0.15) is 0 Å². The van der Waals surface area contributed by atoms with Crippen LogP contribution in [0.5, 0.6) is 0 Å². The standard InChI is InChI=1S/C7H15NS/c1-7(6-8)4-2-3-5-9-7/h2-6,8H2,1H3. The van der Waals surface area contributed by atoms with E-state index in [0.717, 1.165) is 6.54 Å². The van der Waals surface area contributed by atoms with Crippen molar-refractivity contribution in [2.24, 2.45) is 5.73 Å². The lowest BCUT2D eigenvalue weighted by Gasteiger charge is -2.31. The zero-order valence-corrected chi connectivity index (χ0v) is 6.84. The van der Waals surface area contributed by atoms with Crippen molar-refractivity contribution in [2.45, 2.75) is 30.9 Å². The second-order valence-corrected chi connectivity index (χ2v) is 4.64. The molecule has 0 spiro atoms. The van der Waals surface area contributed by atoms with Crippen molar-refractivity contribution < 1.29 is 0 Å². The van der Waals surface area contributed by atoms with Crippen molar-refractivity contribution in [3.8, 4) is 0 Å². The third-order valence-electron chi connectivity index (χ3n) is 1.98. The normalized spacial score (nSPS) is 36.7. The Balaban J connectivity index is 2.37. The SMILES string of the molecule is CC1(CN)CCCCS1. The highest BCUT2D eigenvalue weighted by Gasteiger charge is 2.25. The highest BCUT2D eigenvalue weighted by molar-refractivity contribution is 8.00. The molecule has 0 amide bonds. The molecule has 0 radical (unpaired) electrons. The van der Waals surface area contributed by atoms with Crippen LogP contribution in [0.3, 0.4) is 0 Å². The molecule has 0 aromatic heterocycles. The number of hydrogen-bond acceptors (Lipinski definition) is 2. The van der Waals surface area contributed by atoms with Crippen LogP contribution < -0.4 is 5.73 Å². The molecule has 0 aromatic carbocycles. The Hall–Kier alpha value is 0.310. The summed E-state index contributed by atoms with van der Waals surface area (Å²) in [6.45, 7) is 3.12. The molecule has 1 unspecified atom stereocenters. The first-order chi connectivity index (χ1) is 4.27. The molecule has 1 atom stereocenters. The molecular weight excluding hydrogens is 130 g/mol. The summed E-state index contributed by atoms with van der Waals surface area (Å²) < 4.78 is 0.415. The number of thioether (sulfide) groups is 1. The zero-order chi connectivity index (χ0) is 6.74. The van der Waals surface area contributed by atoms with E-state index in [1.54, 1.807) is 0 Å². The summed E-state index contributed by atoms with van der Waals surface area (Å²) in [7, 11) is 0. The zero-order valence-electron chi connectivity index (χ0n) is 6.02. The van der Waals surface area contributed by atoms with Crippen LogP contribution in [-0.2, 0) is 0 Å². The molecule has 1 fully saturated rings. The lowest BCUT2D eigenvalue weighted by atomic mass is 10.0. The monoisotopic (exact) mass is 145 g/mol. The van der Waals surface area contributed by atoms with E-state index < -0.39 is 0 Å². The van der Waals surface area contributed by atoms with E-state index in [1.807, 2.05) is 11.8 Å². The third kappa shape index (κ3) is 1.87. The average molecular weight is 145 g/mol. The molecule has 1 aliphatic heterocycles. The maximum Gasteiger partial charge on any atom is 0.0254 e. The molecule has 1 saturated heterocycles. The van der Waals surface area contributed by atoms with Crippen LogP contribution in [0.4, 0.5) is 0 Å². The smallest absolute Gasteiger partial charge is 0.0254 e. The molecule has 9 heavy (non-hydrogen) atoms. The van der Waals surface area contributed by atoms with Gasteiger partial charge < -0.3 is 5.73 Å². The Morgan fingerprint density at radius 2 is 2.33 bits per heavy atom. The van der Waals surface area contributed by atoms with Crippen LogP contribution in [0.1, 0.15) is 26.2 Å². The van der Waals surface area contributed by atoms with Gasteiger partial charge in [0, 0.05) is 11.3 Å². The van der Waals surface area contributed by atoms with Gasteiger partial charge in [-0.3, -0.25) is 0 Å². The topological polar surface area (TPSA) is 26.0 Å². The molecule has 1 aliphatic rings. The molecule has 0 saturated carbocycles. The Labute approximate surface area is 61.4 Å². The molecule has 2 heteroatoms. The molecule has 0 aliphatic carbocycles. The Bertz CT molecular complexity index is 86.9. The molecule has 0 bridgehead atoms. The maximum absolute atomic E-state index is 5.62. The minimum Gasteiger partial charge on any atom is -0.329 e. The van der Waals surface area contributed by atoms with Gasteiger partial charge in [-0.2, -0.15) is 11.8 Å². The van der Waals surface area contributed by atoms with Gasteiger partial charge in [0.25, 0.3) is 0 Å². The van der Waals surface area contributed by atoms with Gasteiger partial charge in [-0.15, -0.1) is 0 Å². The first kappa shape index (κ1) is 7.42. The van der Waals surface area contributed by atoms with Gasteiger partial charge in [-0.05, 0) is 25.5 Å². The van der Waals surface area contributed by atoms with E-state index in [9.17, 15) is 0 Å². The fraction of sp³-hybridized carbons (Fsp3) is 1.00. The average Bonchev–Trinajstić information content (AvgIpc) is 1.90. The molecule has 2 N–H and O–H groups in total. The van der Waals surface area contributed by atoms with Crippen LogP contribution in [0.25, 0.3) is 0 Å². The fourth-order valence-corrected chi connectivity index (χ4v) is 2.40. The van der Waals surface area contributed by atoms with Crippen molar-refractivity contribution in [2.75, 3.05) is 12.3 Å². The van der Waals surface area contributed by atoms with Crippen LogP contribution in [0.15, 0.2) is 0 Å². The van der Waals surface area contributed by atoms with Crippen molar-refractivity contribution in [1.29, 1.82) is 0 Å². The van der Waals surface area contributed by atoms with Crippen molar-refractivity contribution in [1.82, 2.24) is 0 Å². The second-order valence-electron chi connectivity index (χ2n) is 2.96. The van der Waals surface area contributed by atoms with Crippen molar-refractivity contribution in [3.05, 3.63) is 0 Å². The molecular formula is C7H15NS. The molecule has 0 aromatic rings. The molecule has 1 nitrogen and oxygen atoms in total. The summed E-state index contributed by atoms with van der Waals surface area (Å²) in [5.41, 5.74) is 5.62. The first-order valence-corrected chi connectivity index (χ1v) is 4.59. The van der Waals surface area contributed by atoms with Crippen molar-refractivity contribution >= 4 is 11.8 Å². The largest absolute Gasteiger partial charge is 0.329 e. The van der Waals surface area contributed by atoms with Crippen LogP contribution in [0.2, 0.25) is 0 Å². The van der Waals surface area contributed by atoms with Gasteiger partial charge in [-0.25, -0.2) is 0 Å².